The molecule has 1 aromatic heterocycles. The lowest BCUT2D eigenvalue weighted by Crippen LogP contribution is -2.19. The zero-order valence-electron chi connectivity index (χ0n) is 10.9. The molecule has 0 aliphatic heterocycles. The van der Waals surface area contributed by atoms with Gasteiger partial charge in [0.2, 0.25) is 0 Å². The highest BCUT2D eigenvalue weighted by atomic mass is 79.9. The van der Waals surface area contributed by atoms with Crippen molar-refractivity contribution in [1.82, 2.24) is 9.78 Å². The second-order valence-corrected chi connectivity index (χ2v) is 5.66. The third-order valence-corrected chi connectivity index (χ3v) is 3.58. The van der Waals surface area contributed by atoms with Crippen LogP contribution in [-0.2, 0) is 0 Å². The molecule has 1 atom stereocenters. The molecule has 2 N–H and O–H groups in total. The summed E-state index contributed by atoms with van der Waals surface area (Å²) in [6, 6.07) is 8.42. The van der Waals surface area contributed by atoms with Gasteiger partial charge in [-0.05, 0) is 42.3 Å². The lowest BCUT2D eigenvalue weighted by Gasteiger charge is -2.18. The molecule has 0 spiro atoms. The lowest BCUT2D eigenvalue weighted by molar-refractivity contribution is 0.498. The number of aryl methyl sites for hydroxylation is 1. The molecule has 1 aromatic carbocycles. The largest absolute Gasteiger partial charge is 0.319 e. The van der Waals surface area contributed by atoms with E-state index < -0.39 is 0 Å². The van der Waals surface area contributed by atoms with Gasteiger partial charge >= 0.3 is 0 Å². The lowest BCUT2D eigenvalue weighted by atomic mass is 10.0. The first-order chi connectivity index (χ1) is 8.50. The van der Waals surface area contributed by atoms with Crippen molar-refractivity contribution in [2.24, 2.45) is 5.73 Å². The molecule has 2 aromatic rings. The zero-order valence-corrected chi connectivity index (χ0v) is 12.5. The summed E-state index contributed by atoms with van der Waals surface area (Å²) >= 11 is 3.54. The van der Waals surface area contributed by atoms with Gasteiger partial charge in [0.05, 0.1) is 22.4 Å². The zero-order chi connectivity index (χ0) is 13.3. The average Bonchev–Trinajstić information content (AvgIpc) is 2.70. The number of halogens is 1. The molecule has 1 unspecified atom stereocenters. The summed E-state index contributed by atoms with van der Waals surface area (Å²) in [6.07, 6.45) is 1.81. The van der Waals surface area contributed by atoms with E-state index in [0.717, 1.165) is 15.7 Å². The Morgan fingerprint density at radius 3 is 2.67 bits per heavy atom. The predicted molar refractivity (Wildman–Crippen MR) is 77.5 cm³/mol. The summed E-state index contributed by atoms with van der Waals surface area (Å²) in [6.45, 7) is 6.28. The van der Waals surface area contributed by atoms with E-state index in [1.165, 1.54) is 5.56 Å². The number of aromatic nitrogens is 2. The third-order valence-electron chi connectivity index (χ3n) is 2.97. The quantitative estimate of drug-likeness (QED) is 0.942. The fourth-order valence-corrected chi connectivity index (χ4v) is 2.59. The number of nitrogens with zero attached hydrogens (tertiary/aromatic N) is 2. The highest BCUT2D eigenvalue weighted by Crippen LogP contribution is 2.29. The molecule has 2 rings (SSSR count). The van der Waals surface area contributed by atoms with Crippen molar-refractivity contribution in [3.05, 3.63) is 51.8 Å². The van der Waals surface area contributed by atoms with E-state index >= 15 is 0 Å². The minimum Gasteiger partial charge on any atom is -0.319 e. The van der Waals surface area contributed by atoms with Crippen LogP contribution in [0.3, 0.4) is 0 Å². The van der Waals surface area contributed by atoms with Crippen molar-refractivity contribution < 1.29 is 0 Å². The Balaban J connectivity index is 2.45. The Hall–Kier alpha value is -1.13. The van der Waals surface area contributed by atoms with E-state index in [4.69, 9.17) is 5.73 Å². The van der Waals surface area contributed by atoms with E-state index in [1.807, 2.05) is 16.9 Å². The Morgan fingerprint density at radius 2 is 2.06 bits per heavy atom. The van der Waals surface area contributed by atoms with Crippen molar-refractivity contribution in [3.63, 3.8) is 0 Å². The van der Waals surface area contributed by atoms with Crippen LogP contribution in [0.4, 0.5) is 0 Å². The second-order valence-electron chi connectivity index (χ2n) is 4.81. The van der Waals surface area contributed by atoms with Gasteiger partial charge in [0.15, 0.2) is 0 Å². The van der Waals surface area contributed by atoms with Gasteiger partial charge in [-0.3, -0.25) is 4.68 Å². The molecule has 96 valence electrons. The molecule has 0 aliphatic carbocycles. The van der Waals surface area contributed by atoms with Gasteiger partial charge < -0.3 is 5.73 Å². The number of benzene rings is 1. The van der Waals surface area contributed by atoms with Crippen LogP contribution in [0.25, 0.3) is 0 Å². The molecule has 0 saturated carbocycles. The van der Waals surface area contributed by atoms with Crippen LogP contribution in [0.15, 0.2) is 34.9 Å². The van der Waals surface area contributed by atoms with Crippen LogP contribution in [0.1, 0.15) is 42.8 Å². The number of nitrogens with two attached hydrogens (primary N) is 1. The second kappa shape index (κ2) is 5.24. The Bertz CT molecular complexity index is 546. The smallest absolute Gasteiger partial charge is 0.0741 e. The highest BCUT2D eigenvalue weighted by molar-refractivity contribution is 9.10. The fraction of sp³-hybridized carbons (Fsp3) is 0.357. The molecule has 3 nitrogen and oxygen atoms in total. The van der Waals surface area contributed by atoms with Crippen molar-refractivity contribution in [2.75, 3.05) is 0 Å². The van der Waals surface area contributed by atoms with Crippen LogP contribution in [0.5, 0.6) is 0 Å². The standard InChI is InChI=1S/C14H18BrN3/c1-9(2)18-14(12(15)8-17-18)13(16)11-6-4-5-10(3)7-11/h4-9,13H,16H2,1-3H3. The predicted octanol–water partition coefficient (Wildman–Crippen LogP) is 3.58. The maximum atomic E-state index is 6.38. The average molecular weight is 308 g/mol. The van der Waals surface area contributed by atoms with E-state index in [9.17, 15) is 0 Å². The minimum atomic E-state index is -0.163. The summed E-state index contributed by atoms with van der Waals surface area (Å²) in [4.78, 5) is 0. The van der Waals surface area contributed by atoms with Gasteiger partial charge in [-0.15, -0.1) is 0 Å². The summed E-state index contributed by atoms with van der Waals surface area (Å²) in [5.41, 5.74) is 9.73. The van der Waals surface area contributed by atoms with Gasteiger partial charge in [-0.2, -0.15) is 5.10 Å². The Kier molecular flexibility index (Phi) is 3.88. The van der Waals surface area contributed by atoms with Crippen molar-refractivity contribution in [2.45, 2.75) is 32.9 Å². The van der Waals surface area contributed by atoms with E-state index in [2.05, 4.69) is 60.0 Å². The maximum absolute atomic E-state index is 6.38. The summed E-state index contributed by atoms with van der Waals surface area (Å²) in [5.74, 6) is 0. The van der Waals surface area contributed by atoms with Crippen LogP contribution in [0.2, 0.25) is 0 Å². The van der Waals surface area contributed by atoms with Crippen molar-refractivity contribution in [1.29, 1.82) is 0 Å². The van der Waals surface area contributed by atoms with Crippen LogP contribution in [-0.4, -0.2) is 9.78 Å². The van der Waals surface area contributed by atoms with Crippen LogP contribution in [0, 0.1) is 6.92 Å². The Labute approximate surface area is 116 Å². The van der Waals surface area contributed by atoms with Gasteiger partial charge in [-0.1, -0.05) is 29.8 Å². The first-order valence-electron chi connectivity index (χ1n) is 6.05. The molecule has 0 amide bonds. The van der Waals surface area contributed by atoms with Gasteiger partial charge in [0.1, 0.15) is 0 Å². The van der Waals surface area contributed by atoms with Crippen LogP contribution < -0.4 is 5.73 Å². The summed E-state index contributed by atoms with van der Waals surface area (Å²) < 4.78 is 2.93. The molecule has 0 bridgehead atoms. The van der Waals surface area contributed by atoms with Gasteiger partial charge in [0, 0.05) is 6.04 Å². The van der Waals surface area contributed by atoms with Gasteiger partial charge in [0.25, 0.3) is 0 Å². The SMILES string of the molecule is Cc1cccc(C(N)c2c(Br)cnn2C(C)C)c1. The minimum absolute atomic E-state index is 0.163. The Morgan fingerprint density at radius 1 is 1.33 bits per heavy atom. The molecule has 0 saturated heterocycles. The van der Waals surface area contributed by atoms with Crippen molar-refractivity contribution in [3.8, 4) is 0 Å². The topological polar surface area (TPSA) is 43.8 Å². The molecule has 1 heterocycles. The summed E-state index contributed by atoms with van der Waals surface area (Å²) in [7, 11) is 0. The maximum Gasteiger partial charge on any atom is 0.0741 e. The monoisotopic (exact) mass is 307 g/mol. The van der Waals surface area contributed by atoms with Crippen LogP contribution >= 0.6 is 15.9 Å². The molecule has 4 heteroatoms. The fourth-order valence-electron chi connectivity index (χ4n) is 2.07. The molecule has 0 aliphatic rings. The third kappa shape index (κ3) is 2.49. The number of hydrogen-bond donors (Lipinski definition) is 1. The normalized spacial score (nSPS) is 13.0. The van der Waals surface area contributed by atoms with E-state index in [1.54, 1.807) is 0 Å². The molecular formula is C14H18BrN3. The highest BCUT2D eigenvalue weighted by Gasteiger charge is 2.19. The number of hydrogen-bond acceptors (Lipinski definition) is 2. The van der Waals surface area contributed by atoms with E-state index in [0.29, 0.717) is 6.04 Å². The first kappa shape index (κ1) is 13.3. The van der Waals surface area contributed by atoms with E-state index in [-0.39, 0.29) is 6.04 Å². The molecular weight excluding hydrogens is 290 g/mol. The molecule has 0 radical (unpaired) electrons. The first-order valence-corrected chi connectivity index (χ1v) is 6.85. The van der Waals surface area contributed by atoms with Crippen molar-refractivity contribution >= 4 is 15.9 Å². The molecule has 0 fully saturated rings. The van der Waals surface area contributed by atoms with Gasteiger partial charge in [-0.25, -0.2) is 0 Å². The molecule has 18 heavy (non-hydrogen) atoms. The summed E-state index contributed by atoms with van der Waals surface area (Å²) in [5, 5.41) is 4.37. The number of rotatable bonds is 3.